The van der Waals surface area contributed by atoms with Crippen LogP contribution < -0.4 is 10.6 Å². The van der Waals surface area contributed by atoms with Crippen molar-refractivity contribution in [3.63, 3.8) is 0 Å². The summed E-state index contributed by atoms with van der Waals surface area (Å²) in [4.78, 5) is 31.7. The molecular formula is C25H34N4O2S. The lowest BCUT2D eigenvalue weighted by Gasteiger charge is -2.36. The minimum atomic E-state index is -0.0431. The Balaban J connectivity index is 1.50. The predicted molar refractivity (Wildman–Crippen MR) is 131 cm³/mol. The van der Waals surface area contributed by atoms with E-state index in [2.05, 4.69) is 40.4 Å². The van der Waals surface area contributed by atoms with Gasteiger partial charge in [-0.3, -0.25) is 14.5 Å². The number of nitrogens with zero attached hydrogens (tertiary/aromatic N) is 2. The molecular weight excluding hydrogens is 420 g/mol. The fraction of sp³-hybridized carbons (Fsp3) is 0.480. The van der Waals surface area contributed by atoms with E-state index in [0.29, 0.717) is 19.1 Å². The number of piperidine rings is 1. The fourth-order valence-electron chi connectivity index (χ4n) is 3.86. The average Bonchev–Trinajstić information content (AvgIpc) is 2.80. The van der Waals surface area contributed by atoms with Gasteiger partial charge in [0.1, 0.15) is 0 Å². The van der Waals surface area contributed by atoms with E-state index in [0.717, 1.165) is 54.3 Å². The Bertz CT molecular complexity index is 877. The molecule has 2 N–H and O–H groups in total. The molecule has 2 amide bonds. The zero-order valence-electron chi connectivity index (χ0n) is 19.0. The van der Waals surface area contributed by atoms with Crippen molar-refractivity contribution in [1.29, 1.82) is 0 Å². The topological polar surface area (TPSA) is 74.3 Å². The van der Waals surface area contributed by atoms with Gasteiger partial charge in [-0.05, 0) is 56.0 Å². The zero-order valence-corrected chi connectivity index (χ0v) is 19.9. The standard InChI is InChI=1S/C25H34N4O2S/c1-3-4-13-27-25(31)21-12-11-19(2)29(16-21)17-23(30)28-22-9-7-8-20(15-22)18-32-24-10-5-6-14-26-24/h5-10,14-15,19,21H,3-4,11-13,16-18H2,1-2H3,(H,27,31)(H,28,30). The van der Waals surface area contributed by atoms with Crippen molar-refractivity contribution in [2.24, 2.45) is 5.92 Å². The molecule has 172 valence electrons. The Labute approximate surface area is 195 Å². The van der Waals surface area contributed by atoms with Crippen LogP contribution in [-0.4, -0.2) is 47.4 Å². The number of likely N-dealkylation sites (tertiary alicyclic amines) is 1. The van der Waals surface area contributed by atoms with Crippen LogP contribution in [0.3, 0.4) is 0 Å². The summed E-state index contributed by atoms with van der Waals surface area (Å²) < 4.78 is 0. The number of pyridine rings is 1. The Morgan fingerprint density at radius 1 is 1.19 bits per heavy atom. The monoisotopic (exact) mass is 454 g/mol. The number of carbonyl (C=O) groups excluding carboxylic acids is 2. The van der Waals surface area contributed by atoms with Crippen LogP contribution in [0.5, 0.6) is 0 Å². The quantitative estimate of drug-likeness (QED) is 0.413. The van der Waals surface area contributed by atoms with Gasteiger partial charge in [0.25, 0.3) is 0 Å². The molecule has 1 fully saturated rings. The maximum absolute atomic E-state index is 12.7. The van der Waals surface area contributed by atoms with Crippen molar-refractivity contribution in [2.45, 2.75) is 56.4 Å². The number of carbonyl (C=O) groups is 2. The number of nitrogens with one attached hydrogen (secondary N) is 2. The molecule has 2 atom stereocenters. The van der Waals surface area contributed by atoms with Crippen LogP contribution in [0.2, 0.25) is 0 Å². The van der Waals surface area contributed by atoms with Crippen molar-refractivity contribution in [3.8, 4) is 0 Å². The molecule has 1 aliphatic rings. The van der Waals surface area contributed by atoms with E-state index in [1.54, 1.807) is 18.0 Å². The van der Waals surface area contributed by atoms with Gasteiger partial charge in [0.2, 0.25) is 11.8 Å². The molecule has 0 bridgehead atoms. The van der Waals surface area contributed by atoms with Crippen LogP contribution in [0.25, 0.3) is 0 Å². The van der Waals surface area contributed by atoms with Crippen LogP contribution in [0.4, 0.5) is 5.69 Å². The van der Waals surface area contributed by atoms with E-state index < -0.39 is 0 Å². The van der Waals surface area contributed by atoms with Crippen molar-refractivity contribution in [2.75, 3.05) is 25.0 Å². The van der Waals surface area contributed by atoms with E-state index >= 15 is 0 Å². The summed E-state index contributed by atoms with van der Waals surface area (Å²) in [6, 6.07) is 14.1. The summed E-state index contributed by atoms with van der Waals surface area (Å²) >= 11 is 1.67. The third kappa shape index (κ3) is 7.64. The molecule has 1 aromatic heterocycles. The first-order chi connectivity index (χ1) is 15.5. The van der Waals surface area contributed by atoms with Gasteiger partial charge in [-0.1, -0.05) is 31.5 Å². The highest BCUT2D eigenvalue weighted by atomic mass is 32.2. The lowest BCUT2D eigenvalue weighted by molar-refractivity contribution is -0.128. The highest BCUT2D eigenvalue weighted by Crippen LogP contribution is 2.23. The highest BCUT2D eigenvalue weighted by Gasteiger charge is 2.30. The minimum Gasteiger partial charge on any atom is -0.356 e. The summed E-state index contributed by atoms with van der Waals surface area (Å²) in [6.07, 6.45) is 5.67. The number of amides is 2. The molecule has 7 heteroatoms. The molecule has 2 aromatic rings. The number of benzene rings is 1. The van der Waals surface area contributed by atoms with E-state index in [1.807, 2.05) is 36.4 Å². The van der Waals surface area contributed by atoms with E-state index in [1.165, 1.54) is 0 Å². The van der Waals surface area contributed by atoms with E-state index in [9.17, 15) is 9.59 Å². The van der Waals surface area contributed by atoms with Gasteiger partial charge in [-0.2, -0.15) is 0 Å². The average molecular weight is 455 g/mol. The molecule has 1 saturated heterocycles. The zero-order chi connectivity index (χ0) is 22.8. The molecule has 1 aromatic carbocycles. The van der Waals surface area contributed by atoms with Gasteiger partial charge < -0.3 is 10.6 Å². The van der Waals surface area contributed by atoms with Crippen LogP contribution in [0.15, 0.2) is 53.7 Å². The summed E-state index contributed by atoms with van der Waals surface area (Å²) in [5.41, 5.74) is 1.93. The Morgan fingerprint density at radius 2 is 2.06 bits per heavy atom. The maximum atomic E-state index is 12.7. The number of anilines is 1. The summed E-state index contributed by atoms with van der Waals surface area (Å²) in [5.74, 6) is 0.828. The molecule has 0 radical (unpaired) electrons. The highest BCUT2D eigenvalue weighted by molar-refractivity contribution is 7.98. The molecule has 2 heterocycles. The maximum Gasteiger partial charge on any atom is 0.238 e. The van der Waals surface area contributed by atoms with Crippen LogP contribution in [-0.2, 0) is 15.3 Å². The molecule has 0 spiro atoms. The van der Waals surface area contributed by atoms with Crippen molar-refractivity contribution >= 4 is 29.3 Å². The van der Waals surface area contributed by atoms with Gasteiger partial charge in [0.05, 0.1) is 17.5 Å². The Morgan fingerprint density at radius 3 is 2.84 bits per heavy atom. The molecule has 0 saturated carbocycles. The van der Waals surface area contributed by atoms with Gasteiger partial charge in [-0.25, -0.2) is 4.98 Å². The predicted octanol–water partition coefficient (Wildman–Crippen LogP) is 4.33. The van der Waals surface area contributed by atoms with Crippen LogP contribution >= 0.6 is 11.8 Å². The lowest BCUT2D eigenvalue weighted by Crippen LogP contribution is -2.49. The first-order valence-electron chi connectivity index (χ1n) is 11.5. The summed E-state index contributed by atoms with van der Waals surface area (Å²) in [5, 5.41) is 7.05. The fourth-order valence-corrected chi connectivity index (χ4v) is 4.66. The number of unbranched alkanes of at least 4 members (excludes halogenated alkanes) is 1. The first-order valence-corrected chi connectivity index (χ1v) is 12.5. The number of thioether (sulfide) groups is 1. The second-order valence-corrected chi connectivity index (χ2v) is 9.40. The van der Waals surface area contributed by atoms with Crippen molar-refractivity contribution in [1.82, 2.24) is 15.2 Å². The molecule has 0 aliphatic carbocycles. The summed E-state index contributed by atoms with van der Waals surface area (Å²) in [7, 11) is 0. The minimum absolute atomic E-state index is 0.0391. The third-order valence-electron chi connectivity index (χ3n) is 5.79. The molecule has 32 heavy (non-hydrogen) atoms. The van der Waals surface area contributed by atoms with Gasteiger partial charge >= 0.3 is 0 Å². The first kappa shape index (κ1) is 24.3. The van der Waals surface area contributed by atoms with E-state index in [4.69, 9.17) is 0 Å². The molecule has 1 aliphatic heterocycles. The SMILES string of the molecule is CCCCNC(=O)C1CCC(C)N(CC(=O)Nc2cccc(CSc3ccccn3)c2)C1. The van der Waals surface area contributed by atoms with Crippen LogP contribution in [0, 0.1) is 5.92 Å². The van der Waals surface area contributed by atoms with Crippen molar-refractivity contribution < 1.29 is 9.59 Å². The number of hydrogen-bond donors (Lipinski definition) is 2. The Kier molecular flexibility index (Phi) is 9.56. The smallest absolute Gasteiger partial charge is 0.238 e. The van der Waals surface area contributed by atoms with Gasteiger partial charge in [-0.15, -0.1) is 11.8 Å². The number of aromatic nitrogens is 1. The normalized spacial score (nSPS) is 18.8. The second-order valence-electron chi connectivity index (χ2n) is 8.40. The number of rotatable bonds is 10. The molecule has 2 unspecified atom stereocenters. The second kappa shape index (κ2) is 12.6. The summed E-state index contributed by atoms with van der Waals surface area (Å²) in [6.45, 7) is 5.91. The number of hydrogen-bond acceptors (Lipinski definition) is 5. The van der Waals surface area contributed by atoms with Crippen LogP contribution in [0.1, 0.15) is 45.1 Å². The van der Waals surface area contributed by atoms with E-state index in [-0.39, 0.29) is 17.7 Å². The molecule has 6 nitrogen and oxygen atoms in total. The lowest BCUT2D eigenvalue weighted by atomic mass is 9.92. The third-order valence-corrected chi connectivity index (χ3v) is 6.81. The van der Waals surface area contributed by atoms with Gasteiger partial charge in [0.15, 0.2) is 0 Å². The van der Waals surface area contributed by atoms with Crippen molar-refractivity contribution in [3.05, 3.63) is 54.2 Å². The molecule has 3 rings (SSSR count). The van der Waals surface area contributed by atoms with Gasteiger partial charge in [0, 0.05) is 36.8 Å². The largest absolute Gasteiger partial charge is 0.356 e. The Hall–Kier alpha value is -2.38.